The first-order valence-corrected chi connectivity index (χ1v) is 10.9. The molecule has 7 nitrogen and oxygen atoms in total. The number of nitrogens with one attached hydrogen (secondary N) is 1. The average molecular weight is 426 g/mol. The van der Waals surface area contributed by atoms with Crippen molar-refractivity contribution in [3.8, 4) is 0 Å². The van der Waals surface area contributed by atoms with Crippen molar-refractivity contribution >= 4 is 35.0 Å². The number of hydrogen-bond donors (Lipinski definition) is 1. The van der Waals surface area contributed by atoms with Crippen LogP contribution in [0, 0.1) is 0 Å². The van der Waals surface area contributed by atoms with Crippen molar-refractivity contribution in [2.45, 2.75) is 38.8 Å². The molecule has 0 saturated carbocycles. The van der Waals surface area contributed by atoms with Crippen LogP contribution in [0.25, 0.3) is 0 Å². The fourth-order valence-corrected chi connectivity index (χ4v) is 4.56. The molecule has 4 rings (SSSR count). The van der Waals surface area contributed by atoms with E-state index in [2.05, 4.69) is 5.32 Å². The average Bonchev–Trinajstić information content (AvgIpc) is 3.35. The van der Waals surface area contributed by atoms with Gasteiger partial charge < -0.3 is 10.2 Å². The summed E-state index contributed by atoms with van der Waals surface area (Å²) in [7, 11) is 0. The molecular formula is C22H23N3O4S. The van der Waals surface area contributed by atoms with Crippen LogP contribution in [0.15, 0.2) is 35.7 Å². The molecule has 2 aromatic rings. The van der Waals surface area contributed by atoms with Gasteiger partial charge in [-0.05, 0) is 56.3 Å². The van der Waals surface area contributed by atoms with Crippen LogP contribution in [0.2, 0.25) is 0 Å². The molecule has 0 aliphatic carbocycles. The minimum atomic E-state index is -0.352. The zero-order valence-electron chi connectivity index (χ0n) is 16.9. The molecule has 3 heterocycles. The number of thiophene rings is 1. The largest absolute Gasteiger partial charge is 0.348 e. The van der Waals surface area contributed by atoms with Crippen molar-refractivity contribution in [1.29, 1.82) is 0 Å². The van der Waals surface area contributed by atoms with Gasteiger partial charge in [0.15, 0.2) is 0 Å². The van der Waals surface area contributed by atoms with Crippen molar-refractivity contribution < 1.29 is 19.2 Å². The highest BCUT2D eigenvalue weighted by atomic mass is 32.1. The van der Waals surface area contributed by atoms with Gasteiger partial charge >= 0.3 is 0 Å². The van der Waals surface area contributed by atoms with Crippen LogP contribution in [0.5, 0.6) is 0 Å². The van der Waals surface area contributed by atoms with Gasteiger partial charge in [0.2, 0.25) is 0 Å². The van der Waals surface area contributed by atoms with E-state index < -0.39 is 0 Å². The lowest BCUT2D eigenvalue weighted by Gasteiger charge is -2.32. The van der Waals surface area contributed by atoms with Crippen LogP contribution in [-0.2, 0) is 0 Å². The molecule has 8 heteroatoms. The number of imide groups is 1. The van der Waals surface area contributed by atoms with Crippen molar-refractivity contribution in [2.24, 2.45) is 0 Å². The maximum absolute atomic E-state index is 12.9. The maximum atomic E-state index is 12.9. The lowest BCUT2D eigenvalue weighted by atomic mass is 10.0. The maximum Gasteiger partial charge on any atom is 0.261 e. The smallest absolute Gasteiger partial charge is 0.261 e. The molecule has 0 atom stereocenters. The Morgan fingerprint density at radius 3 is 2.40 bits per heavy atom. The Bertz CT molecular complexity index is 1010. The lowest BCUT2D eigenvalue weighted by Crippen LogP contribution is -2.46. The van der Waals surface area contributed by atoms with Crippen molar-refractivity contribution in [3.63, 3.8) is 0 Å². The molecule has 1 N–H and O–H groups in total. The van der Waals surface area contributed by atoms with Crippen molar-refractivity contribution in [3.05, 3.63) is 57.3 Å². The van der Waals surface area contributed by atoms with E-state index in [9.17, 15) is 19.2 Å². The Morgan fingerprint density at radius 1 is 1.07 bits per heavy atom. The third-order valence-electron chi connectivity index (χ3n) is 5.54. The normalized spacial score (nSPS) is 16.9. The number of carbonyl (C=O) groups excluding carboxylic acids is 4. The molecule has 0 spiro atoms. The van der Waals surface area contributed by atoms with Crippen LogP contribution < -0.4 is 5.32 Å². The van der Waals surface area contributed by atoms with Gasteiger partial charge in [-0.25, -0.2) is 0 Å². The van der Waals surface area contributed by atoms with Gasteiger partial charge in [-0.15, -0.1) is 11.3 Å². The third kappa shape index (κ3) is 3.63. The van der Waals surface area contributed by atoms with E-state index in [4.69, 9.17) is 0 Å². The molecule has 2 aliphatic rings. The Kier molecular flexibility index (Phi) is 5.42. The standard InChI is InChI=1S/C22H23N3O4S/c1-13(2)25-21(28)16-6-5-14(12-17(16)22(25)29)20(27)24-9-7-15(8-10-24)23-19(26)18-4-3-11-30-18/h3-6,11-13,15H,7-10H2,1-2H3,(H,23,26). The zero-order chi connectivity index (χ0) is 21.4. The fourth-order valence-electron chi connectivity index (χ4n) is 3.94. The number of fused-ring (bicyclic) bond motifs is 1. The minimum absolute atomic E-state index is 0.0301. The lowest BCUT2D eigenvalue weighted by molar-refractivity contribution is 0.0607. The van der Waals surface area contributed by atoms with Crippen LogP contribution in [0.1, 0.15) is 67.4 Å². The van der Waals surface area contributed by atoms with Crippen molar-refractivity contribution in [2.75, 3.05) is 13.1 Å². The van der Waals surface area contributed by atoms with Gasteiger partial charge in [0.05, 0.1) is 16.0 Å². The number of amides is 4. The predicted molar refractivity (Wildman–Crippen MR) is 113 cm³/mol. The van der Waals surface area contributed by atoms with E-state index in [1.807, 2.05) is 11.4 Å². The second-order valence-electron chi connectivity index (χ2n) is 7.85. The second-order valence-corrected chi connectivity index (χ2v) is 8.80. The third-order valence-corrected chi connectivity index (χ3v) is 6.41. The fraction of sp³-hybridized carbons (Fsp3) is 0.364. The number of carbonyl (C=O) groups is 4. The highest BCUT2D eigenvalue weighted by Crippen LogP contribution is 2.26. The van der Waals surface area contributed by atoms with Gasteiger partial charge in [0.1, 0.15) is 0 Å². The zero-order valence-corrected chi connectivity index (χ0v) is 17.7. The summed E-state index contributed by atoms with van der Waals surface area (Å²) in [6, 6.07) is 8.14. The quantitative estimate of drug-likeness (QED) is 0.763. The molecule has 1 aromatic carbocycles. The summed E-state index contributed by atoms with van der Waals surface area (Å²) in [6.07, 6.45) is 1.35. The summed E-state index contributed by atoms with van der Waals surface area (Å²) < 4.78 is 0. The highest BCUT2D eigenvalue weighted by Gasteiger charge is 2.38. The first-order chi connectivity index (χ1) is 14.4. The molecule has 4 amide bonds. The van der Waals surface area contributed by atoms with E-state index >= 15 is 0 Å². The monoisotopic (exact) mass is 425 g/mol. The number of piperidine rings is 1. The van der Waals surface area contributed by atoms with Crippen LogP contribution in [0.3, 0.4) is 0 Å². The summed E-state index contributed by atoms with van der Waals surface area (Å²) >= 11 is 1.40. The van der Waals surface area contributed by atoms with Gasteiger partial charge in [-0.2, -0.15) is 0 Å². The van der Waals surface area contributed by atoms with Crippen molar-refractivity contribution in [1.82, 2.24) is 15.1 Å². The molecule has 2 aliphatic heterocycles. The number of hydrogen-bond acceptors (Lipinski definition) is 5. The summed E-state index contributed by atoms with van der Waals surface area (Å²) in [5, 5.41) is 4.89. The molecule has 0 bridgehead atoms. The summed E-state index contributed by atoms with van der Waals surface area (Å²) in [5.41, 5.74) is 1.04. The topological polar surface area (TPSA) is 86.8 Å². The van der Waals surface area contributed by atoms with E-state index in [1.165, 1.54) is 22.3 Å². The SMILES string of the molecule is CC(C)N1C(=O)c2ccc(C(=O)N3CCC(NC(=O)c4cccs4)CC3)cc2C1=O. The molecule has 1 saturated heterocycles. The first-order valence-electron chi connectivity index (χ1n) is 10.0. The van der Waals surface area contributed by atoms with Gasteiger partial charge in [-0.1, -0.05) is 6.07 Å². The number of benzene rings is 1. The molecule has 1 fully saturated rings. The van der Waals surface area contributed by atoms with Crippen LogP contribution >= 0.6 is 11.3 Å². The van der Waals surface area contributed by atoms with E-state index in [0.717, 1.165) is 0 Å². The number of rotatable bonds is 4. The summed E-state index contributed by atoms with van der Waals surface area (Å²) in [6.45, 7) is 4.62. The number of nitrogens with zero attached hydrogens (tertiary/aromatic N) is 2. The van der Waals surface area contributed by atoms with Crippen LogP contribution in [0.4, 0.5) is 0 Å². The predicted octanol–water partition coefficient (Wildman–Crippen LogP) is 2.79. The molecule has 30 heavy (non-hydrogen) atoms. The molecule has 156 valence electrons. The molecule has 0 radical (unpaired) electrons. The van der Waals surface area contributed by atoms with E-state index in [1.54, 1.807) is 36.9 Å². The first kappa shape index (κ1) is 20.3. The van der Waals surface area contributed by atoms with E-state index in [0.29, 0.717) is 41.9 Å². The molecule has 0 unspecified atom stereocenters. The second kappa shape index (κ2) is 8.02. The molecular weight excluding hydrogens is 402 g/mol. The number of likely N-dealkylation sites (tertiary alicyclic amines) is 1. The van der Waals surface area contributed by atoms with Gasteiger partial charge in [0.25, 0.3) is 23.6 Å². The summed E-state index contributed by atoms with van der Waals surface area (Å²) in [5.74, 6) is -0.906. The highest BCUT2D eigenvalue weighted by molar-refractivity contribution is 7.12. The Morgan fingerprint density at radius 2 is 1.77 bits per heavy atom. The van der Waals surface area contributed by atoms with Gasteiger partial charge in [-0.3, -0.25) is 24.1 Å². The Labute approximate surface area is 178 Å². The van der Waals surface area contributed by atoms with Gasteiger partial charge in [0, 0.05) is 30.7 Å². The Balaban J connectivity index is 1.40. The Hall–Kier alpha value is -3.00. The molecule has 1 aromatic heterocycles. The summed E-state index contributed by atoms with van der Waals surface area (Å²) in [4.78, 5) is 53.8. The minimum Gasteiger partial charge on any atom is -0.348 e. The van der Waals surface area contributed by atoms with E-state index in [-0.39, 0.29) is 41.3 Å². The van der Waals surface area contributed by atoms with Crippen LogP contribution in [-0.4, -0.2) is 58.6 Å².